The lowest BCUT2D eigenvalue weighted by Crippen LogP contribution is -2.25. The highest BCUT2D eigenvalue weighted by molar-refractivity contribution is 5.98. The minimum Gasteiger partial charge on any atom is -0.336 e. The van der Waals surface area contributed by atoms with Crippen LogP contribution in [0.4, 0.5) is 0 Å². The Hall–Kier alpha value is -2.95. The SMILES string of the molecule is CN1Cc2c(-c3ccccc3)nnn2-c2ccccc2C1=O. The third-order valence-corrected chi connectivity index (χ3v) is 3.91. The van der Waals surface area contributed by atoms with E-state index in [0.29, 0.717) is 12.1 Å². The van der Waals surface area contributed by atoms with Gasteiger partial charge in [0.2, 0.25) is 0 Å². The first-order valence-electron chi connectivity index (χ1n) is 7.10. The molecular formula is C17H14N4O. The van der Waals surface area contributed by atoms with E-state index in [1.165, 1.54) is 0 Å². The fourth-order valence-electron chi connectivity index (χ4n) is 2.80. The van der Waals surface area contributed by atoms with Crippen molar-refractivity contribution in [3.63, 3.8) is 0 Å². The Morgan fingerprint density at radius 1 is 1.00 bits per heavy atom. The van der Waals surface area contributed by atoms with Gasteiger partial charge in [-0.05, 0) is 12.1 Å². The molecule has 0 spiro atoms. The molecule has 108 valence electrons. The minimum absolute atomic E-state index is 0.000103. The number of carbonyl (C=O) groups is 1. The molecule has 1 aliphatic heterocycles. The number of benzene rings is 2. The number of hydrogen-bond acceptors (Lipinski definition) is 3. The molecule has 5 nitrogen and oxygen atoms in total. The van der Waals surface area contributed by atoms with Gasteiger partial charge in [0.25, 0.3) is 5.91 Å². The van der Waals surface area contributed by atoms with E-state index in [1.54, 1.807) is 16.6 Å². The number of para-hydroxylation sites is 1. The summed E-state index contributed by atoms with van der Waals surface area (Å²) in [7, 11) is 1.80. The van der Waals surface area contributed by atoms with Gasteiger partial charge in [0, 0.05) is 12.6 Å². The van der Waals surface area contributed by atoms with Crippen molar-refractivity contribution in [2.75, 3.05) is 7.05 Å². The third-order valence-electron chi connectivity index (χ3n) is 3.91. The van der Waals surface area contributed by atoms with Gasteiger partial charge in [0.05, 0.1) is 23.5 Å². The van der Waals surface area contributed by atoms with Gasteiger partial charge in [-0.1, -0.05) is 47.7 Å². The molecule has 3 aromatic rings. The summed E-state index contributed by atoms with van der Waals surface area (Å²) in [6.45, 7) is 0.477. The first-order valence-corrected chi connectivity index (χ1v) is 7.10. The average Bonchev–Trinajstić information content (AvgIpc) is 2.94. The van der Waals surface area contributed by atoms with Crippen LogP contribution in [0, 0.1) is 0 Å². The van der Waals surface area contributed by atoms with E-state index < -0.39 is 0 Å². The molecular weight excluding hydrogens is 276 g/mol. The molecule has 1 aliphatic rings. The number of hydrogen-bond donors (Lipinski definition) is 0. The number of aromatic nitrogens is 3. The smallest absolute Gasteiger partial charge is 0.256 e. The van der Waals surface area contributed by atoms with E-state index in [2.05, 4.69) is 10.3 Å². The highest BCUT2D eigenvalue weighted by atomic mass is 16.2. The highest BCUT2D eigenvalue weighted by Gasteiger charge is 2.27. The van der Waals surface area contributed by atoms with Gasteiger partial charge in [-0.15, -0.1) is 5.10 Å². The third kappa shape index (κ3) is 1.83. The molecule has 0 fully saturated rings. The van der Waals surface area contributed by atoms with Crippen LogP contribution in [0.15, 0.2) is 54.6 Å². The molecule has 1 aromatic heterocycles. The van der Waals surface area contributed by atoms with Crippen LogP contribution in [0.1, 0.15) is 16.1 Å². The van der Waals surface area contributed by atoms with Gasteiger partial charge in [-0.25, -0.2) is 4.68 Å². The van der Waals surface area contributed by atoms with E-state index in [-0.39, 0.29) is 5.91 Å². The van der Waals surface area contributed by atoms with Gasteiger partial charge >= 0.3 is 0 Å². The summed E-state index contributed by atoms with van der Waals surface area (Å²) in [6.07, 6.45) is 0. The van der Waals surface area contributed by atoms with Gasteiger partial charge < -0.3 is 4.90 Å². The van der Waals surface area contributed by atoms with E-state index in [0.717, 1.165) is 22.6 Å². The fourth-order valence-corrected chi connectivity index (χ4v) is 2.80. The lowest BCUT2D eigenvalue weighted by atomic mass is 10.1. The Bertz CT molecular complexity index is 854. The monoisotopic (exact) mass is 290 g/mol. The zero-order chi connectivity index (χ0) is 15.1. The zero-order valence-corrected chi connectivity index (χ0v) is 12.1. The van der Waals surface area contributed by atoms with E-state index in [9.17, 15) is 4.79 Å². The predicted octanol–water partition coefficient (Wildman–Crippen LogP) is 2.52. The Balaban J connectivity index is 1.97. The van der Waals surface area contributed by atoms with Crippen LogP contribution >= 0.6 is 0 Å². The lowest BCUT2D eigenvalue weighted by molar-refractivity contribution is 0.0788. The summed E-state index contributed by atoms with van der Waals surface area (Å²) in [5, 5.41) is 8.63. The summed E-state index contributed by atoms with van der Waals surface area (Å²) in [5.41, 5.74) is 4.17. The van der Waals surface area contributed by atoms with Crippen LogP contribution in [0.25, 0.3) is 16.9 Å². The molecule has 0 N–H and O–H groups in total. The second-order valence-corrected chi connectivity index (χ2v) is 5.34. The van der Waals surface area contributed by atoms with Crippen LogP contribution in [-0.2, 0) is 6.54 Å². The Kier molecular flexibility index (Phi) is 2.79. The van der Waals surface area contributed by atoms with Crippen molar-refractivity contribution in [2.45, 2.75) is 6.54 Å². The molecule has 0 saturated carbocycles. The van der Waals surface area contributed by atoms with Crippen molar-refractivity contribution in [2.24, 2.45) is 0 Å². The maximum absolute atomic E-state index is 12.5. The fraction of sp³-hybridized carbons (Fsp3) is 0.118. The largest absolute Gasteiger partial charge is 0.336 e. The molecule has 0 atom stereocenters. The molecule has 4 rings (SSSR count). The average molecular weight is 290 g/mol. The van der Waals surface area contributed by atoms with Crippen molar-refractivity contribution in [3.05, 3.63) is 65.9 Å². The molecule has 22 heavy (non-hydrogen) atoms. The van der Waals surface area contributed by atoms with Crippen LogP contribution < -0.4 is 0 Å². The molecule has 2 aromatic carbocycles. The molecule has 0 unspecified atom stereocenters. The lowest BCUT2D eigenvalue weighted by Gasteiger charge is -2.14. The molecule has 1 amide bonds. The topological polar surface area (TPSA) is 51.0 Å². The zero-order valence-electron chi connectivity index (χ0n) is 12.1. The van der Waals surface area contributed by atoms with E-state index in [1.807, 2.05) is 54.6 Å². The van der Waals surface area contributed by atoms with Gasteiger partial charge in [0.15, 0.2) is 0 Å². The standard InChI is InChI=1S/C17H14N4O/c1-20-11-15-16(12-7-3-2-4-8-12)18-19-21(15)14-10-6-5-9-13(14)17(20)22/h2-10H,11H2,1H3. The van der Waals surface area contributed by atoms with Crippen molar-refractivity contribution in [3.8, 4) is 16.9 Å². The summed E-state index contributed by atoms with van der Waals surface area (Å²) >= 11 is 0. The number of amides is 1. The Labute approximate surface area is 127 Å². The maximum Gasteiger partial charge on any atom is 0.256 e. The minimum atomic E-state index is 0.000103. The second-order valence-electron chi connectivity index (χ2n) is 5.34. The highest BCUT2D eigenvalue weighted by Crippen LogP contribution is 2.28. The molecule has 0 bridgehead atoms. The molecule has 5 heteroatoms. The van der Waals surface area contributed by atoms with Crippen LogP contribution in [-0.4, -0.2) is 32.8 Å². The van der Waals surface area contributed by atoms with Crippen molar-refractivity contribution in [1.29, 1.82) is 0 Å². The van der Waals surface area contributed by atoms with Crippen LogP contribution in [0.3, 0.4) is 0 Å². The number of rotatable bonds is 1. The van der Waals surface area contributed by atoms with Gasteiger partial charge in [-0.2, -0.15) is 0 Å². The second kappa shape index (κ2) is 4.80. The van der Waals surface area contributed by atoms with Gasteiger partial charge in [0.1, 0.15) is 5.69 Å². The summed E-state index contributed by atoms with van der Waals surface area (Å²) in [6, 6.07) is 17.4. The van der Waals surface area contributed by atoms with E-state index >= 15 is 0 Å². The maximum atomic E-state index is 12.5. The van der Waals surface area contributed by atoms with Crippen molar-refractivity contribution < 1.29 is 4.79 Å². The summed E-state index contributed by atoms with van der Waals surface area (Å²) in [5.74, 6) is 0.000103. The summed E-state index contributed by atoms with van der Waals surface area (Å²) < 4.78 is 1.78. The van der Waals surface area contributed by atoms with Crippen LogP contribution in [0.2, 0.25) is 0 Å². The molecule has 0 aliphatic carbocycles. The number of fused-ring (bicyclic) bond motifs is 3. The quantitative estimate of drug-likeness (QED) is 0.692. The molecule has 0 saturated heterocycles. The van der Waals surface area contributed by atoms with Crippen LogP contribution in [0.5, 0.6) is 0 Å². The van der Waals surface area contributed by atoms with E-state index in [4.69, 9.17) is 0 Å². The first-order chi connectivity index (χ1) is 10.8. The molecule has 0 radical (unpaired) electrons. The normalized spacial score (nSPS) is 13.5. The van der Waals surface area contributed by atoms with Crippen molar-refractivity contribution >= 4 is 5.91 Å². The first kappa shape index (κ1) is 12.8. The number of carbonyl (C=O) groups excluding carboxylic acids is 1. The number of nitrogens with zero attached hydrogens (tertiary/aromatic N) is 4. The Morgan fingerprint density at radius 3 is 2.55 bits per heavy atom. The Morgan fingerprint density at radius 2 is 1.73 bits per heavy atom. The predicted molar refractivity (Wildman–Crippen MR) is 82.6 cm³/mol. The molecule has 2 heterocycles. The summed E-state index contributed by atoms with van der Waals surface area (Å²) in [4.78, 5) is 14.2. The van der Waals surface area contributed by atoms with Gasteiger partial charge in [-0.3, -0.25) is 4.79 Å². The van der Waals surface area contributed by atoms with Crippen molar-refractivity contribution in [1.82, 2.24) is 19.9 Å².